The smallest absolute Gasteiger partial charge is 0.0473 e. The Morgan fingerprint density at radius 3 is 2.71 bits per heavy atom. The lowest BCUT2D eigenvalue weighted by atomic mass is 9.93. The van der Waals surface area contributed by atoms with Crippen LogP contribution < -0.4 is 5.73 Å². The maximum absolute atomic E-state index is 6.27. The molecule has 3 nitrogen and oxygen atoms in total. The molecule has 0 spiro atoms. The Morgan fingerprint density at radius 2 is 2.05 bits per heavy atom. The van der Waals surface area contributed by atoms with E-state index in [0.717, 1.165) is 31.6 Å². The number of piperidine rings is 1. The first-order valence-electron chi connectivity index (χ1n) is 8.52. The molecular weight excluding hydrogens is 258 g/mol. The van der Waals surface area contributed by atoms with Gasteiger partial charge in [0.2, 0.25) is 0 Å². The number of hydrogen-bond donors (Lipinski definition) is 1. The lowest BCUT2D eigenvalue weighted by molar-refractivity contribution is 0.0652. The summed E-state index contributed by atoms with van der Waals surface area (Å²) in [6, 6.07) is 11.7. The second-order valence-corrected chi connectivity index (χ2v) is 7.36. The summed E-state index contributed by atoms with van der Waals surface area (Å²) in [6.45, 7) is 5.55. The molecule has 2 N–H and O–H groups in total. The van der Waals surface area contributed by atoms with Gasteiger partial charge in [-0.25, -0.2) is 0 Å². The molecule has 3 aliphatic rings. The van der Waals surface area contributed by atoms with Crippen molar-refractivity contribution in [3.8, 4) is 0 Å². The third-order valence-corrected chi connectivity index (χ3v) is 6.06. The van der Waals surface area contributed by atoms with Gasteiger partial charge in [-0.2, -0.15) is 0 Å². The van der Waals surface area contributed by atoms with Gasteiger partial charge in [0.1, 0.15) is 0 Å². The van der Waals surface area contributed by atoms with E-state index in [1.807, 2.05) is 0 Å². The molecule has 2 bridgehead atoms. The first-order chi connectivity index (χ1) is 10.3. The minimum absolute atomic E-state index is 0.259. The van der Waals surface area contributed by atoms with Crippen LogP contribution in [0.4, 0.5) is 0 Å². The van der Waals surface area contributed by atoms with E-state index in [9.17, 15) is 0 Å². The molecule has 3 heteroatoms. The molecule has 1 saturated carbocycles. The molecule has 3 atom stereocenters. The van der Waals surface area contributed by atoms with Gasteiger partial charge in [0.25, 0.3) is 0 Å². The van der Waals surface area contributed by atoms with Crippen molar-refractivity contribution < 1.29 is 0 Å². The van der Waals surface area contributed by atoms with Crippen LogP contribution in [-0.2, 0) is 6.54 Å². The molecule has 0 amide bonds. The normalized spacial score (nSPS) is 36.6. The molecule has 3 fully saturated rings. The standard InChI is InChI=1S/C18H27N3/c19-13-18(21-12-16-6-7-17(21)10-16)8-9-20(14-18)11-15-4-2-1-3-5-15/h1-5,16-17H,6-14,19H2. The van der Waals surface area contributed by atoms with Crippen LogP contribution in [0.25, 0.3) is 0 Å². The van der Waals surface area contributed by atoms with Crippen molar-refractivity contribution in [2.24, 2.45) is 11.7 Å². The predicted molar refractivity (Wildman–Crippen MR) is 86.0 cm³/mol. The number of nitrogens with two attached hydrogens (primary N) is 1. The molecule has 1 aliphatic carbocycles. The Morgan fingerprint density at radius 1 is 1.19 bits per heavy atom. The Bertz CT molecular complexity index is 488. The summed E-state index contributed by atoms with van der Waals surface area (Å²) >= 11 is 0. The van der Waals surface area contributed by atoms with Gasteiger partial charge in [-0.15, -0.1) is 0 Å². The van der Waals surface area contributed by atoms with Crippen LogP contribution in [0, 0.1) is 5.92 Å². The molecule has 2 heterocycles. The van der Waals surface area contributed by atoms with Gasteiger partial charge < -0.3 is 5.73 Å². The number of fused-ring (bicyclic) bond motifs is 2. The third kappa shape index (κ3) is 2.41. The number of benzene rings is 1. The minimum Gasteiger partial charge on any atom is -0.329 e. The lowest BCUT2D eigenvalue weighted by Crippen LogP contribution is -2.58. The molecule has 1 aromatic rings. The zero-order valence-corrected chi connectivity index (χ0v) is 12.9. The van der Waals surface area contributed by atoms with E-state index in [2.05, 4.69) is 40.1 Å². The molecular formula is C18H27N3. The summed E-state index contributed by atoms with van der Waals surface area (Å²) in [5, 5.41) is 0. The Kier molecular flexibility index (Phi) is 3.52. The highest BCUT2D eigenvalue weighted by molar-refractivity contribution is 5.16. The molecule has 4 rings (SSSR count). The van der Waals surface area contributed by atoms with Crippen LogP contribution in [0.1, 0.15) is 31.2 Å². The predicted octanol–water partition coefficient (Wildman–Crippen LogP) is 2.07. The molecule has 2 aliphatic heterocycles. The van der Waals surface area contributed by atoms with Crippen molar-refractivity contribution >= 4 is 0 Å². The monoisotopic (exact) mass is 285 g/mol. The molecule has 0 aromatic heterocycles. The maximum atomic E-state index is 6.27. The van der Waals surface area contributed by atoms with Crippen molar-refractivity contribution in [3.63, 3.8) is 0 Å². The van der Waals surface area contributed by atoms with Crippen LogP contribution >= 0.6 is 0 Å². The lowest BCUT2D eigenvalue weighted by Gasteiger charge is -2.43. The third-order valence-electron chi connectivity index (χ3n) is 6.06. The van der Waals surface area contributed by atoms with Gasteiger partial charge in [-0.1, -0.05) is 30.3 Å². The summed E-state index contributed by atoms with van der Waals surface area (Å²) in [6.07, 6.45) is 5.54. The molecule has 21 heavy (non-hydrogen) atoms. The Labute approximate surface area is 128 Å². The van der Waals surface area contributed by atoms with Crippen LogP contribution in [0.5, 0.6) is 0 Å². The van der Waals surface area contributed by atoms with Crippen molar-refractivity contribution in [2.45, 2.75) is 43.8 Å². The highest BCUT2D eigenvalue weighted by atomic mass is 15.3. The highest BCUT2D eigenvalue weighted by Crippen LogP contribution is 2.43. The topological polar surface area (TPSA) is 32.5 Å². The van der Waals surface area contributed by atoms with Crippen LogP contribution in [0.2, 0.25) is 0 Å². The number of rotatable bonds is 4. The van der Waals surface area contributed by atoms with Crippen molar-refractivity contribution in [3.05, 3.63) is 35.9 Å². The number of hydrogen-bond acceptors (Lipinski definition) is 3. The average Bonchev–Trinajstić information content (AvgIpc) is 3.23. The Balaban J connectivity index is 1.46. The molecule has 114 valence electrons. The van der Waals surface area contributed by atoms with E-state index >= 15 is 0 Å². The van der Waals surface area contributed by atoms with Crippen molar-refractivity contribution in [1.29, 1.82) is 0 Å². The van der Waals surface area contributed by atoms with Gasteiger partial charge in [-0.05, 0) is 37.2 Å². The van der Waals surface area contributed by atoms with Crippen molar-refractivity contribution in [1.82, 2.24) is 9.80 Å². The zero-order chi connectivity index (χ0) is 14.3. The number of likely N-dealkylation sites (tertiary alicyclic amines) is 2. The summed E-state index contributed by atoms with van der Waals surface area (Å²) < 4.78 is 0. The summed E-state index contributed by atoms with van der Waals surface area (Å²) in [4.78, 5) is 5.40. The maximum Gasteiger partial charge on any atom is 0.0473 e. The summed E-state index contributed by atoms with van der Waals surface area (Å²) in [7, 11) is 0. The highest BCUT2D eigenvalue weighted by Gasteiger charge is 2.50. The average molecular weight is 285 g/mol. The summed E-state index contributed by atoms with van der Waals surface area (Å²) in [5.74, 6) is 0.960. The second kappa shape index (κ2) is 5.38. The van der Waals surface area contributed by atoms with Crippen LogP contribution in [0.3, 0.4) is 0 Å². The first kappa shape index (κ1) is 13.7. The van der Waals surface area contributed by atoms with Gasteiger partial charge in [0.05, 0.1) is 0 Å². The first-order valence-corrected chi connectivity index (χ1v) is 8.52. The Hall–Kier alpha value is -0.900. The second-order valence-electron chi connectivity index (χ2n) is 7.36. The van der Waals surface area contributed by atoms with E-state index in [1.165, 1.54) is 44.3 Å². The molecule has 1 aromatic carbocycles. The fourth-order valence-electron chi connectivity index (χ4n) is 4.94. The van der Waals surface area contributed by atoms with Gasteiger partial charge >= 0.3 is 0 Å². The van der Waals surface area contributed by atoms with Crippen LogP contribution in [0.15, 0.2) is 30.3 Å². The zero-order valence-electron chi connectivity index (χ0n) is 12.9. The summed E-state index contributed by atoms with van der Waals surface area (Å²) in [5.41, 5.74) is 7.95. The van der Waals surface area contributed by atoms with E-state index in [-0.39, 0.29) is 5.54 Å². The molecule has 3 unspecified atom stereocenters. The number of nitrogens with zero attached hydrogens (tertiary/aromatic N) is 2. The van der Waals surface area contributed by atoms with E-state index in [4.69, 9.17) is 5.73 Å². The quantitative estimate of drug-likeness (QED) is 0.919. The largest absolute Gasteiger partial charge is 0.329 e. The van der Waals surface area contributed by atoms with Crippen LogP contribution in [-0.4, -0.2) is 47.6 Å². The van der Waals surface area contributed by atoms with Gasteiger partial charge in [0.15, 0.2) is 0 Å². The van der Waals surface area contributed by atoms with Gasteiger partial charge in [-0.3, -0.25) is 9.80 Å². The van der Waals surface area contributed by atoms with E-state index in [1.54, 1.807) is 0 Å². The van der Waals surface area contributed by atoms with Crippen molar-refractivity contribution in [2.75, 3.05) is 26.2 Å². The van der Waals surface area contributed by atoms with Gasteiger partial charge in [0, 0.05) is 44.3 Å². The van der Waals surface area contributed by atoms with E-state index in [0.29, 0.717) is 0 Å². The molecule has 2 saturated heterocycles. The van der Waals surface area contributed by atoms with E-state index < -0.39 is 0 Å². The SMILES string of the molecule is NCC1(N2CC3CCC2C3)CCN(Cc2ccccc2)C1. The fourth-order valence-corrected chi connectivity index (χ4v) is 4.94. The fraction of sp³-hybridized carbons (Fsp3) is 0.667. The molecule has 0 radical (unpaired) electrons. The minimum atomic E-state index is 0.259.